The molecule has 1 aromatic heterocycles. The number of nitrogens with one attached hydrogen (secondary N) is 1. The van der Waals surface area contributed by atoms with Crippen molar-refractivity contribution in [2.24, 2.45) is 0 Å². The Balaban J connectivity index is 1.48. The van der Waals surface area contributed by atoms with Gasteiger partial charge in [0.25, 0.3) is 5.91 Å². The number of anilines is 1. The molecule has 0 unspecified atom stereocenters. The van der Waals surface area contributed by atoms with Gasteiger partial charge in [-0.15, -0.1) is 0 Å². The number of imide groups is 1. The molecule has 4 amide bonds. The van der Waals surface area contributed by atoms with Crippen LogP contribution in [0.2, 0.25) is 0 Å². The molecular weight excluding hydrogens is 346 g/mol. The summed E-state index contributed by atoms with van der Waals surface area (Å²) in [6, 6.07) is 9.29. The van der Waals surface area contributed by atoms with Crippen molar-refractivity contribution in [3.05, 3.63) is 41.6 Å². The molecule has 2 aliphatic rings. The molecule has 0 atom stereocenters. The van der Waals surface area contributed by atoms with E-state index >= 15 is 0 Å². The Labute approximate surface area is 156 Å². The minimum absolute atomic E-state index is 0.0667. The summed E-state index contributed by atoms with van der Waals surface area (Å²) in [5.74, 6) is -0.257. The van der Waals surface area contributed by atoms with E-state index in [0.29, 0.717) is 5.82 Å². The third-order valence-electron chi connectivity index (χ3n) is 4.75. The molecule has 1 aromatic carbocycles. The summed E-state index contributed by atoms with van der Waals surface area (Å²) in [4.78, 5) is 39.5. The van der Waals surface area contributed by atoms with Gasteiger partial charge in [0.2, 0.25) is 5.91 Å². The van der Waals surface area contributed by atoms with Gasteiger partial charge in [-0.3, -0.25) is 14.5 Å². The Morgan fingerprint density at radius 3 is 2.56 bits per heavy atom. The van der Waals surface area contributed by atoms with Gasteiger partial charge in [0.15, 0.2) is 0 Å². The van der Waals surface area contributed by atoms with Crippen molar-refractivity contribution in [3.63, 3.8) is 0 Å². The topological polar surface area (TPSA) is 87.5 Å². The molecule has 27 heavy (non-hydrogen) atoms. The number of aryl methyl sites for hydroxylation is 2. The van der Waals surface area contributed by atoms with Crippen molar-refractivity contribution in [1.29, 1.82) is 0 Å². The molecule has 2 fully saturated rings. The van der Waals surface area contributed by atoms with Gasteiger partial charge in [0, 0.05) is 12.1 Å². The van der Waals surface area contributed by atoms with E-state index in [-0.39, 0.29) is 31.1 Å². The number of urea groups is 1. The minimum atomic E-state index is -0.428. The van der Waals surface area contributed by atoms with Crippen molar-refractivity contribution >= 4 is 23.7 Å². The zero-order valence-electron chi connectivity index (χ0n) is 15.3. The number of carbonyl (C=O) groups excluding carboxylic acids is 3. The average Bonchev–Trinajstić information content (AvgIpc) is 3.35. The van der Waals surface area contributed by atoms with Gasteiger partial charge in [0.1, 0.15) is 18.9 Å². The molecule has 0 bridgehead atoms. The maximum absolute atomic E-state index is 12.5. The molecule has 1 aliphatic carbocycles. The predicted octanol–water partition coefficient (Wildman–Crippen LogP) is 1.85. The average molecular weight is 367 g/mol. The Morgan fingerprint density at radius 2 is 1.89 bits per heavy atom. The van der Waals surface area contributed by atoms with Crippen LogP contribution in [-0.2, 0) is 9.59 Å². The molecule has 1 N–H and O–H groups in total. The summed E-state index contributed by atoms with van der Waals surface area (Å²) >= 11 is 0. The summed E-state index contributed by atoms with van der Waals surface area (Å²) in [5, 5.41) is 7.18. The second-order valence-corrected chi connectivity index (χ2v) is 7.09. The van der Waals surface area contributed by atoms with Gasteiger partial charge in [0.05, 0.1) is 11.4 Å². The number of amides is 4. The first-order valence-corrected chi connectivity index (χ1v) is 8.97. The molecule has 4 rings (SSSR count). The van der Waals surface area contributed by atoms with Crippen LogP contribution in [0.4, 0.5) is 10.6 Å². The lowest BCUT2D eigenvalue weighted by Crippen LogP contribution is -2.39. The summed E-state index contributed by atoms with van der Waals surface area (Å²) in [6.07, 6.45) is 1.85. The van der Waals surface area contributed by atoms with Crippen LogP contribution in [0, 0.1) is 13.8 Å². The molecule has 0 radical (unpaired) electrons. The second-order valence-electron chi connectivity index (χ2n) is 7.09. The van der Waals surface area contributed by atoms with E-state index in [1.165, 1.54) is 0 Å². The Bertz CT molecular complexity index is 914. The first kappa shape index (κ1) is 17.3. The highest BCUT2D eigenvalue weighted by atomic mass is 16.2. The first-order valence-electron chi connectivity index (χ1n) is 8.97. The molecule has 140 valence electrons. The summed E-state index contributed by atoms with van der Waals surface area (Å²) in [7, 11) is 0. The summed E-state index contributed by atoms with van der Waals surface area (Å²) in [6.45, 7) is 3.60. The van der Waals surface area contributed by atoms with Gasteiger partial charge in [-0.2, -0.15) is 5.10 Å². The predicted molar refractivity (Wildman–Crippen MR) is 98.5 cm³/mol. The third-order valence-corrected chi connectivity index (χ3v) is 4.75. The molecule has 1 saturated carbocycles. The SMILES string of the molecule is Cc1ccc(-n2nc(C)cc2NC(=O)CN2C(=O)CN(C3CC3)C2=O)cc1. The van der Waals surface area contributed by atoms with E-state index in [1.807, 2.05) is 38.1 Å². The van der Waals surface area contributed by atoms with Gasteiger partial charge in [-0.05, 0) is 38.8 Å². The van der Waals surface area contributed by atoms with Gasteiger partial charge >= 0.3 is 6.03 Å². The van der Waals surface area contributed by atoms with Crippen molar-refractivity contribution in [2.45, 2.75) is 32.7 Å². The largest absolute Gasteiger partial charge is 0.327 e. The fourth-order valence-corrected chi connectivity index (χ4v) is 3.19. The van der Waals surface area contributed by atoms with E-state index in [0.717, 1.165) is 34.7 Å². The minimum Gasteiger partial charge on any atom is -0.312 e. The lowest BCUT2D eigenvalue weighted by atomic mass is 10.2. The maximum Gasteiger partial charge on any atom is 0.327 e. The number of aromatic nitrogens is 2. The van der Waals surface area contributed by atoms with Gasteiger partial charge < -0.3 is 10.2 Å². The molecule has 0 spiro atoms. The number of benzene rings is 1. The molecule has 2 aromatic rings. The van der Waals surface area contributed by atoms with Crippen molar-refractivity contribution < 1.29 is 14.4 Å². The Kier molecular flexibility index (Phi) is 4.18. The molecule has 8 nitrogen and oxygen atoms in total. The summed E-state index contributed by atoms with van der Waals surface area (Å²) in [5.41, 5.74) is 2.69. The standard InChI is InChI=1S/C19H21N5O3/c1-12-3-5-15(6-4-12)24-16(9-13(2)21-24)20-17(25)10-23-18(26)11-22(19(23)27)14-7-8-14/h3-6,9,14H,7-8,10-11H2,1-2H3,(H,20,25). The zero-order chi connectivity index (χ0) is 19.1. The molecule has 8 heteroatoms. The monoisotopic (exact) mass is 367 g/mol. The van der Waals surface area contributed by atoms with Gasteiger partial charge in [-0.1, -0.05) is 17.7 Å². The van der Waals surface area contributed by atoms with E-state index in [1.54, 1.807) is 15.6 Å². The van der Waals surface area contributed by atoms with Crippen LogP contribution in [0.15, 0.2) is 30.3 Å². The smallest absolute Gasteiger partial charge is 0.312 e. The van der Waals surface area contributed by atoms with Crippen LogP contribution in [-0.4, -0.2) is 56.6 Å². The quantitative estimate of drug-likeness (QED) is 0.817. The lowest BCUT2D eigenvalue weighted by molar-refractivity contribution is -0.129. The molecule has 1 aliphatic heterocycles. The Morgan fingerprint density at radius 1 is 1.19 bits per heavy atom. The highest BCUT2D eigenvalue weighted by Crippen LogP contribution is 2.30. The number of hydrogen-bond acceptors (Lipinski definition) is 4. The van der Waals surface area contributed by atoms with Gasteiger partial charge in [-0.25, -0.2) is 9.48 Å². The van der Waals surface area contributed by atoms with Crippen LogP contribution in [0.3, 0.4) is 0 Å². The van der Waals surface area contributed by atoms with Crippen molar-refractivity contribution in [1.82, 2.24) is 19.6 Å². The van der Waals surface area contributed by atoms with E-state index in [4.69, 9.17) is 0 Å². The fraction of sp³-hybridized carbons (Fsp3) is 0.368. The maximum atomic E-state index is 12.5. The lowest BCUT2D eigenvalue weighted by Gasteiger charge is -2.16. The number of hydrogen-bond donors (Lipinski definition) is 1. The van der Waals surface area contributed by atoms with Crippen LogP contribution < -0.4 is 5.32 Å². The van der Waals surface area contributed by atoms with Crippen LogP contribution in [0.1, 0.15) is 24.1 Å². The fourth-order valence-electron chi connectivity index (χ4n) is 3.19. The van der Waals surface area contributed by atoms with Crippen LogP contribution in [0.5, 0.6) is 0 Å². The highest BCUT2D eigenvalue weighted by molar-refractivity contribution is 6.06. The molecular formula is C19H21N5O3. The van der Waals surface area contributed by atoms with E-state index < -0.39 is 5.91 Å². The first-order chi connectivity index (χ1) is 12.9. The molecule has 2 heterocycles. The summed E-state index contributed by atoms with van der Waals surface area (Å²) < 4.78 is 1.64. The highest BCUT2D eigenvalue weighted by Gasteiger charge is 2.44. The van der Waals surface area contributed by atoms with E-state index in [9.17, 15) is 14.4 Å². The number of carbonyl (C=O) groups is 3. The third kappa shape index (κ3) is 3.42. The number of rotatable bonds is 5. The van der Waals surface area contributed by atoms with Crippen molar-refractivity contribution in [2.75, 3.05) is 18.4 Å². The van der Waals surface area contributed by atoms with E-state index in [2.05, 4.69) is 10.4 Å². The second kappa shape index (κ2) is 6.53. The van der Waals surface area contributed by atoms with Crippen molar-refractivity contribution in [3.8, 4) is 5.69 Å². The normalized spacial score (nSPS) is 17.0. The zero-order valence-corrected chi connectivity index (χ0v) is 15.3. The molecule has 1 saturated heterocycles. The van der Waals surface area contributed by atoms with Crippen LogP contribution >= 0.6 is 0 Å². The number of nitrogens with zero attached hydrogens (tertiary/aromatic N) is 4. The van der Waals surface area contributed by atoms with Crippen LogP contribution in [0.25, 0.3) is 5.69 Å². The Hall–Kier alpha value is -3.16.